The van der Waals surface area contributed by atoms with E-state index in [1.807, 2.05) is 0 Å². The molecule has 0 aliphatic heterocycles. The molecule has 0 saturated heterocycles. The fourth-order valence-corrected chi connectivity index (χ4v) is 5.33. The highest BCUT2D eigenvalue weighted by molar-refractivity contribution is 7.19. The van der Waals surface area contributed by atoms with Crippen LogP contribution in [-0.2, 0) is 20.7 Å². The molecule has 1 saturated carbocycles. The lowest BCUT2D eigenvalue weighted by atomic mass is 9.95. The zero-order valence-electron chi connectivity index (χ0n) is 14.8. The molecule has 1 fully saturated rings. The number of hydrogen-bond donors (Lipinski definition) is 0. The van der Waals surface area contributed by atoms with Gasteiger partial charge in [-0.25, -0.2) is 14.8 Å². The van der Waals surface area contributed by atoms with E-state index in [2.05, 4.69) is 14.7 Å². The zero-order valence-corrected chi connectivity index (χ0v) is 15.6. The third-order valence-electron chi connectivity index (χ3n) is 5.37. The van der Waals surface area contributed by atoms with E-state index >= 15 is 0 Å². The highest BCUT2D eigenvalue weighted by Gasteiger charge is 2.33. The summed E-state index contributed by atoms with van der Waals surface area (Å²) in [7, 11) is 1.24. The molecular formula is C19H22N2O4S. The van der Waals surface area contributed by atoms with E-state index in [1.165, 1.54) is 31.2 Å². The van der Waals surface area contributed by atoms with Crippen molar-refractivity contribution >= 4 is 33.3 Å². The van der Waals surface area contributed by atoms with Gasteiger partial charge in [-0.3, -0.25) is 4.79 Å². The van der Waals surface area contributed by atoms with Crippen molar-refractivity contribution in [2.75, 3.05) is 7.11 Å². The molecule has 2 heterocycles. The number of Topliss-reactive ketones (excluding diaryl/α,β-unsaturated/α-hetero) is 1. The number of methoxy groups -OCH3 is 1. The SMILES string of the molecule is COC(=O)C(=O)CC1CCc2sc3ncnc(OC4CCCCC4)c3c21. The van der Waals surface area contributed by atoms with Gasteiger partial charge in [0.1, 0.15) is 17.3 Å². The number of rotatable bonds is 5. The van der Waals surface area contributed by atoms with E-state index in [1.54, 1.807) is 17.7 Å². The summed E-state index contributed by atoms with van der Waals surface area (Å²) in [5.74, 6) is -0.605. The van der Waals surface area contributed by atoms with Crippen LogP contribution in [0.1, 0.15) is 61.3 Å². The van der Waals surface area contributed by atoms with Crippen molar-refractivity contribution in [3.63, 3.8) is 0 Å². The topological polar surface area (TPSA) is 78.4 Å². The molecule has 2 aromatic rings. The molecule has 0 bridgehead atoms. The Morgan fingerprint density at radius 2 is 2.00 bits per heavy atom. The maximum Gasteiger partial charge on any atom is 0.374 e. The van der Waals surface area contributed by atoms with Gasteiger partial charge in [0.25, 0.3) is 0 Å². The number of ketones is 1. The van der Waals surface area contributed by atoms with E-state index in [0.717, 1.165) is 41.5 Å². The third-order valence-corrected chi connectivity index (χ3v) is 6.54. The second-order valence-corrected chi connectivity index (χ2v) is 8.11. The maximum absolute atomic E-state index is 12.1. The highest BCUT2D eigenvalue weighted by atomic mass is 32.1. The smallest absolute Gasteiger partial charge is 0.374 e. The highest BCUT2D eigenvalue weighted by Crippen LogP contribution is 2.47. The fraction of sp³-hybridized carbons (Fsp3) is 0.579. The molecule has 2 aliphatic rings. The normalized spacial score (nSPS) is 20.1. The van der Waals surface area contributed by atoms with Crippen molar-refractivity contribution < 1.29 is 19.1 Å². The molecule has 0 N–H and O–H groups in total. The number of aryl methyl sites for hydroxylation is 1. The second kappa shape index (κ2) is 7.31. The largest absolute Gasteiger partial charge is 0.474 e. The van der Waals surface area contributed by atoms with E-state index in [-0.39, 0.29) is 18.4 Å². The van der Waals surface area contributed by atoms with Gasteiger partial charge >= 0.3 is 5.97 Å². The van der Waals surface area contributed by atoms with Crippen LogP contribution in [0.4, 0.5) is 0 Å². The van der Waals surface area contributed by atoms with Gasteiger partial charge in [-0.05, 0) is 50.0 Å². The molecule has 2 aliphatic carbocycles. The molecule has 0 radical (unpaired) electrons. The van der Waals surface area contributed by atoms with E-state index in [9.17, 15) is 9.59 Å². The first-order chi connectivity index (χ1) is 12.7. The molecule has 0 aromatic carbocycles. The van der Waals surface area contributed by atoms with Crippen LogP contribution in [0.25, 0.3) is 10.2 Å². The predicted molar refractivity (Wildman–Crippen MR) is 97.6 cm³/mol. The lowest BCUT2D eigenvalue weighted by Gasteiger charge is -2.23. The van der Waals surface area contributed by atoms with Crippen LogP contribution in [0.2, 0.25) is 0 Å². The van der Waals surface area contributed by atoms with Gasteiger partial charge in [0, 0.05) is 11.3 Å². The average molecular weight is 374 g/mol. The first-order valence-corrected chi connectivity index (χ1v) is 10.0. The zero-order chi connectivity index (χ0) is 18.1. The Morgan fingerprint density at radius 3 is 2.77 bits per heavy atom. The lowest BCUT2D eigenvalue weighted by molar-refractivity contribution is -0.151. The Kier molecular flexibility index (Phi) is 4.89. The second-order valence-electron chi connectivity index (χ2n) is 7.03. The molecule has 26 heavy (non-hydrogen) atoms. The summed E-state index contributed by atoms with van der Waals surface area (Å²) in [6, 6.07) is 0. The number of fused-ring (bicyclic) bond motifs is 3. The Morgan fingerprint density at radius 1 is 1.19 bits per heavy atom. The minimum absolute atomic E-state index is 0.00468. The van der Waals surface area contributed by atoms with E-state index in [0.29, 0.717) is 5.88 Å². The molecule has 4 rings (SSSR count). The minimum Gasteiger partial charge on any atom is -0.474 e. The summed E-state index contributed by atoms with van der Waals surface area (Å²) >= 11 is 1.65. The summed E-state index contributed by atoms with van der Waals surface area (Å²) in [6.07, 6.45) is 9.46. The number of nitrogens with zero attached hydrogens (tertiary/aromatic N) is 2. The Hall–Kier alpha value is -2.02. The molecule has 138 valence electrons. The van der Waals surface area contributed by atoms with E-state index < -0.39 is 11.8 Å². The van der Waals surface area contributed by atoms with Gasteiger partial charge in [0.15, 0.2) is 0 Å². The Bertz CT molecular complexity index is 841. The first-order valence-electron chi connectivity index (χ1n) is 9.21. The molecule has 0 spiro atoms. The lowest BCUT2D eigenvalue weighted by Crippen LogP contribution is -2.20. The van der Waals surface area contributed by atoms with Crippen molar-refractivity contribution in [2.24, 2.45) is 0 Å². The summed E-state index contributed by atoms with van der Waals surface area (Å²) in [5.41, 5.74) is 1.11. The van der Waals surface area contributed by atoms with Gasteiger partial charge in [-0.1, -0.05) is 6.42 Å². The number of thiophene rings is 1. The van der Waals surface area contributed by atoms with Crippen molar-refractivity contribution in [2.45, 2.75) is 63.4 Å². The van der Waals surface area contributed by atoms with Crippen LogP contribution in [0.3, 0.4) is 0 Å². The summed E-state index contributed by atoms with van der Waals surface area (Å²) in [4.78, 5) is 34.6. The van der Waals surface area contributed by atoms with Crippen molar-refractivity contribution in [3.8, 4) is 5.88 Å². The number of ether oxygens (including phenoxy) is 2. The molecular weight excluding hydrogens is 352 g/mol. The predicted octanol–water partition coefficient (Wildman–Crippen LogP) is 3.56. The van der Waals surface area contributed by atoms with Crippen LogP contribution in [0.5, 0.6) is 5.88 Å². The van der Waals surface area contributed by atoms with Crippen molar-refractivity contribution in [3.05, 3.63) is 16.8 Å². The summed E-state index contributed by atoms with van der Waals surface area (Å²) in [6.45, 7) is 0. The van der Waals surface area contributed by atoms with Gasteiger partial charge in [-0.2, -0.15) is 0 Å². The summed E-state index contributed by atoms with van der Waals surface area (Å²) < 4.78 is 10.8. The Labute approximate surface area is 155 Å². The number of hydrogen-bond acceptors (Lipinski definition) is 7. The standard InChI is InChI=1S/C19H22N2O4S/c1-24-19(23)13(22)9-11-7-8-14-15(11)16-17(20-10-21-18(16)26-14)25-12-5-3-2-4-6-12/h10-12H,2-9H2,1H3. The molecule has 6 nitrogen and oxygen atoms in total. The van der Waals surface area contributed by atoms with Gasteiger partial charge < -0.3 is 9.47 Å². The Balaban J connectivity index is 1.66. The molecule has 2 aromatic heterocycles. The van der Waals surface area contributed by atoms with Crippen molar-refractivity contribution in [1.82, 2.24) is 9.97 Å². The number of esters is 1. The van der Waals surface area contributed by atoms with Crippen LogP contribution in [-0.4, -0.2) is 34.9 Å². The third kappa shape index (κ3) is 3.20. The maximum atomic E-state index is 12.1. The average Bonchev–Trinajstić information content (AvgIpc) is 3.22. The van der Waals surface area contributed by atoms with Crippen LogP contribution in [0.15, 0.2) is 6.33 Å². The van der Waals surface area contributed by atoms with E-state index in [4.69, 9.17) is 4.74 Å². The number of carbonyl (C=O) groups is 2. The number of aromatic nitrogens is 2. The monoisotopic (exact) mass is 374 g/mol. The molecule has 0 amide bonds. The molecule has 1 unspecified atom stereocenters. The van der Waals surface area contributed by atoms with Gasteiger partial charge in [-0.15, -0.1) is 11.3 Å². The van der Waals surface area contributed by atoms with Gasteiger partial charge in [0.05, 0.1) is 12.5 Å². The molecule has 1 atom stereocenters. The quantitative estimate of drug-likeness (QED) is 0.588. The van der Waals surface area contributed by atoms with Crippen LogP contribution in [0, 0.1) is 0 Å². The molecule has 7 heteroatoms. The summed E-state index contributed by atoms with van der Waals surface area (Å²) in [5, 5.41) is 0.943. The fourth-order valence-electron chi connectivity index (χ4n) is 4.10. The number of carbonyl (C=O) groups excluding carboxylic acids is 2. The van der Waals surface area contributed by atoms with Crippen LogP contribution >= 0.6 is 11.3 Å². The van der Waals surface area contributed by atoms with Crippen LogP contribution < -0.4 is 4.74 Å². The minimum atomic E-state index is -0.770. The van der Waals surface area contributed by atoms with Gasteiger partial charge in [0.2, 0.25) is 11.7 Å². The first kappa shape index (κ1) is 17.4. The van der Waals surface area contributed by atoms with Crippen molar-refractivity contribution in [1.29, 1.82) is 0 Å².